The number of nitrogen functional groups attached to an aromatic ring is 1. The summed E-state index contributed by atoms with van der Waals surface area (Å²) >= 11 is 1.31. The molecule has 1 aromatic carbocycles. The standard InChI is InChI=1S/C19H27N5O2S/c1-13-5-3-4-6-16(13)21-18(25)12-27-19-23-22-17(24(19)20)11-14-7-9-15(26-2)10-8-14/h7-10,13,16H,3-6,11-12,20H2,1-2H3,(H,21,25)/t13-,16+/m0/s1. The Morgan fingerprint density at radius 2 is 2.04 bits per heavy atom. The fourth-order valence-corrected chi connectivity index (χ4v) is 4.05. The second kappa shape index (κ2) is 9.12. The molecule has 0 radical (unpaired) electrons. The van der Waals surface area contributed by atoms with Crippen molar-refractivity contribution in [3.05, 3.63) is 35.7 Å². The van der Waals surface area contributed by atoms with Crippen LogP contribution in [0.15, 0.2) is 29.4 Å². The van der Waals surface area contributed by atoms with Crippen molar-refractivity contribution in [3.63, 3.8) is 0 Å². The zero-order chi connectivity index (χ0) is 19.2. The highest BCUT2D eigenvalue weighted by atomic mass is 32.2. The minimum absolute atomic E-state index is 0.0263. The number of carbonyl (C=O) groups is 1. The Hall–Kier alpha value is -2.22. The maximum atomic E-state index is 12.3. The van der Waals surface area contributed by atoms with Crippen LogP contribution in [-0.2, 0) is 11.2 Å². The van der Waals surface area contributed by atoms with Crippen LogP contribution in [0.2, 0.25) is 0 Å². The maximum absolute atomic E-state index is 12.3. The van der Waals surface area contributed by atoms with Crippen LogP contribution in [0, 0.1) is 5.92 Å². The molecular formula is C19H27N5O2S. The minimum Gasteiger partial charge on any atom is -0.497 e. The number of benzene rings is 1. The van der Waals surface area contributed by atoms with E-state index in [4.69, 9.17) is 10.6 Å². The van der Waals surface area contributed by atoms with Gasteiger partial charge in [-0.3, -0.25) is 4.79 Å². The van der Waals surface area contributed by atoms with Crippen LogP contribution in [-0.4, -0.2) is 39.7 Å². The first-order valence-corrected chi connectivity index (χ1v) is 10.3. The summed E-state index contributed by atoms with van der Waals surface area (Å²) in [5.41, 5.74) is 1.07. The Kier molecular flexibility index (Phi) is 6.60. The lowest BCUT2D eigenvalue weighted by Gasteiger charge is -2.29. The third-order valence-corrected chi connectivity index (χ3v) is 5.99. The minimum atomic E-state index is 0.0263. The van der Waals surface area contributed by atoms with E-state index in [1.165, 1.54) is 35.7 Å². The Bertz CT molecular complexity index is 762. The lowest BCUT2D eigenvalue weighted by Crippen LogP contribution is -2.41. The van der Waals surface area contributed by atoms with E-state index in [-0.39, 0.29) is 11.9 Å². The average Bonchev–Trinajstić information content (AvgIpc) is 3.02. The van der Waals surface area contributed by atoms with Crippen molar-refractivity contribution in [2.75, 3.05) is 18.7 Å². The Balaban J connectivity index is 1.52. The number of methoxy groups -OCH3 is 1. The van der Waals surface area contributed by atoms with Gasteiger partial charge in [-0.2, -0.15) is 0 Å². The summed E-state index contributed by atoms with van der Waals surface area (Å²) in [5, 5.41) is 12.0. The second-order valence-electron chi connectivity index (χ2n) is 7.02. The van der Waals surface area contributed by atoms with Gasteiger partial charge in [0.1, 0.15) is 5.75 Å². The van der Waals surface area contributed by atoms with Crippen molar-refractivity contribution in [1.82, 2.24) is 20.2 Å². The molecule has 146 valence electrons. The molecule has 1 amide bonds. The van der Waals surface area contributed by atoms with E-state index in [1.54, 1.807) is 7.11 Å². The van der Waals surface area contributed by atoms with E-state index in [0.717, 1.165) is 17.7 Å². The van der Waals surface area contributed by atoms with Crippen LogP contribution in [0.25, 0.3) is 0 Å². The van der Waals surface area contributed by atoms with Gasteiger partial charge >= 0.3 is 0 Å². The van der Waals surface area contributed by atoms with E-state index < -0.39 is 0 Å². The molecule has 2 aromatic rings. The molecule has 0 spiro atoms. The number of nitrogens with one attached hydrogen (secondary N) is 1. The van der Waals surface area contributed by atoms with E-state index >= 15 is 0 Å². The van der Waals surface area contributed by atoms with Crippen LogP contribution < -0.4 is 15.9 Å². The lowest BCUT2D eigenvalue weighted by molar-refractivity contribution is -0.119. The molecule has 3 rings (SSSR count). The highest BCUT2D eigenvalue weighted by molar-refractivity contribution is 7.99. The number of nitrogens with zero attached hydrogens (tertiary/aromatic N) is 3. The quantitative estimate of drug-likeness (QED) is 0.558. The number of thioether (sulfide) groups is 1. The molecule has 0 aliphatic heterocycles. The van der Waals surface area contributed by atoms with Crippen LogP contribution in [0.4, 0.5) is 0 Å². The fraction of sp³-hybridized carbons (Fsp3) is 0.526. The van der Waals surface area contributed by atoms with Crippen molar-refractivity contribution in [1.29, 1.82) is 0 Å². The molecule has 1 aliphatic rings. The molecule has 8 heteroatoms. The summed E-state index contributed by atoms with van der Waals surface area (Å²) in [6, 6.07) is 8.03. The van der Waals surface area contributed by atoms with Crippen LogP contribution in [0.1, 0.15) is 44.0 Å². The summed E-state index contributed by atoms with van der Waals surface area (Å²) in [4.78, 5) is 12.3. The summed E-state index contributed by atoms with van der Waals surface area (Å²) < 4.78 is 6.63. The van der Waals surface area contributed by atoms with E-state index in [9.17, 15) is 4.79 Å². The molecule has 1 aromatic heterocycles. The van der Waals surface area contributed by atoms with Gasteiger partial charge in [-0.15, -0.1) is 10.2 Å². The number of aromatic nitrogens is 3. The predicted octanol–water partition coefficient (Wildman–Crippen LogP) is 2.38. The van der Waals surface area contributed by atoms with Crippen molar-refractivity contribution < 1.29 is 9.53 Å². The zero-order valence-electron chi connectivity index (χ0n) is 15.9. The van der Waals surface area contributed by atoms with Gasteiger partial charge in [-0.25, -0.2) is 4.68 Å². The number of carbonyl (C=O) groups excluding carboxylic acids is 1. The fourth-order valence-electron chi connectivity index (χ4n) is 3.36. The van der Waals surface area contributed by atoms with Crippen molar-refractivity contribution in [2.45, 2.75) is 50.2 Å². The summed E-state index contributed by atoms with van der Waals surface area (Å²) in [5.74, 6) is 8.44. The van der Waals surface area contributed by atoms with Crippen LogP contribution in [0.5, 0.6) is 5.75 Å². The second-order valence-corrected chi connectivity index (χ2v) is 7.96. The lowest BCUT2D eigenvalue weighted by atomic mass is 9.86. The van der Waals surface area contributed by atoms with Crippen molar-refractivity contribution >= 4 is 17.7 Å². The third-order valence-electron chi connectivity index (χ3n) is 5.05. The molecule has 1 fully saturated rings. The normalized spacial score (nSPS) is 19.6. The first-order chi connectivity index (χ1) is 13.1. The van der Waals surface area contributed by atoms with Gasteiger partial charge in [0.15, 0.2) is 5.82 Å². The Morgan fingerprint density at radius 3 is 2.74 bits per heavy atom. The monoisotopic (exact) mass is 389 g/mol. The predicted molar refractivity (Wildman–Crippen MR) is 106 cm³/mol. The molecule has 3 N–H and O–H groups in total. The number of rotatable bonds is 7. The van der Waals surface area contributed by atoms with E-state index in [2.05, 4.69) is 22.4 Å². The van der Waals surface area contributed by atoms with Crippen molar-refractivity contribution in [3.8, 4) is 5.75 Å². The number of hydrogen-bond acceptors (Lipinski definition) is 6. The highest BCUT2D eigenvalue weighted by Crippen LogP contribution is 2.24. The van der Waals surface area contributed by atoms with Gasteiger partial charge in [-0.1, -0.05) is 43.7 Å². The molecule has 0 unspecified atom stereocenters. The summed E-state index contributed by atoms with van der Waals surface area (Å²) in [6.45, 7) is 2.21. The highest BCUT2D eigenvalue weighted by Gasteiger charge is 2.23. The summed E-state index contributed by atoms with van der Waals surface area (Å²) in [7, 11) is 1.64. The number of amides is 1. The van der Waals surface area contributed by atoms with Crippen LogP contribution >= 0.6 is 11.8 Å². The van der Waals surface area contributed by atoms with E-state index in [1.807, 2.05) is 24.3 Å². The van der Waals surface area contributed by atoms with Gasteiger partial charge in [0, 0.05) is 12.5 Å². The molecule has 1 aliphatic carbocycles. The number of ether oxygens (including phenoxy) is 1. The first kappa shape index (κ1) is 19.5. The van der Waals surface area contributed by atoms with Gasteiger partial charge < -0.3 is 15.9 Å². The first-order valence-electron chi connectivity index (χ1n) is 9.31. The largest absolute Gasteiger partial charge is 0.497 e. The topological polar surface area (TPSA) is 95.1 Å². The van der Waals surface area contributed by atoms with Gasteiger partial charge in [0.2, 0.25) is 11.1 Å². The molecule has 0 saturated heterocycles. The zero-order valence-corrected chi connectivity index (χ0v) is 16.7. The average molecular weight is 390 g/mol. The van der Waals surface area contributed by atoms with Crippen LogP contribution in [0.3, 0.4) is 0 Å². The van der Waals surface area contributed by atoms with Gasteiger partial charge in [0.05, 0.1) is 12.9 Å². The molecule has 1 saturated carbocycles. The Morgan fingerprint density at radius 1 is 1.30 bits per heavy atom. The van der Waals surface area contributed by atoms with Gasteiger partial charge in [0.25, 0.3) is 0 Å². The molecule has 0 bridgehead atoms. The molecule has 2 atom stereocenters. The maximum Gasteiger partial charge on any atom is 0.230 e. The molecule has 1 heterocycles. The summed E-state index contributed by atoms with van der Waals surface area (Å²) in [6.07, 6.45) is 5.27. The molecular weight excluding hydrogens is 362 g/mol. The number of nitrogens with two attached hydrogens (primary N) is 1. The van der Waals surface area contributed by atoms with Gasteiger partial charge in [-0.05, 0) is 36.5 Å². The third kappa shape index (κ3) is 5.15. The van der Waals surface area contributed by atoms with E-state index in [0.29, 0.717) is 29.1 Å². The van der Waals surface area contributed by atoms with Crippen molar-refractivity contribution in [2.24, 2.45) is 5.92 Å². The molecule has 7 nitrogen and oxygen atoms in total. The SMILES string of the molecule is COc1ccc(Cc2nnc(SCC(=O)N[C@@H]3CCCC[C@@H]3C)n2N)cc1. The molecule has 27 heavy (non-hydrogen) atoms. The number of hydrogen-bond donors (Lipinski definition) is 2. The Labute approximate surface area is 164 Å². The smallest absolute Gasteiger partial charge is 0.230 e.